The standard InChI is InChI=1S/C18H14N4O6/c1-11-5-3-4-6-13(11)19(2)18-14(21(25)26)9-12(10-15(18)22(27)28)20-16(23)7-8-17(20)24/h3-10H,1-2H3. The van der Waals surface area contributed by atoms with Gasteiger partial charge in [-0.15, -0.1) is 0 Å². The summed E-state index contributed by atoms with van der Waals surface area (Å²) in [5.41, 5.74) is -0.381. The molecule has 2 aromatic carbocycles. The highest BCUT2D eigenvalue weighted by molar-refractivity contribution is 6.28. The molecule has 0 N–H and O–H groups in total. The van der Waals surface area contributed by atoms with Gasteiger partial charge in [-0.3, -0.25) is 29.8 Å². The number of benzene rings is 2. The van der Waals surface area contributed by atoms with Crippen molar-refractivity contribution in [2.24, 2.45) is 0 Å². The van der Waals surface area contributed by atoms with E-state index in [0.717, 1.165) is 29.8 Å². The molecule has 1 aliphatic rings. The number of para-hydroxylation sites is 1. The molecule has 0 fully saturated rings. The van der Waals surface area contributed by atoms with Crippen molar-refractivity contribution >= 4 is 40.3 Å². The van der Waals surface area contributed by atoms with Gasteiger partial charge in [0.05, 0.1) is 15.5 Å². The first-order valence-electron chi connectivity index (χ1n) is 8.04. The molecule has 0 aliphatic carbocycles. The van der Waals surface area contributed by atoms with E-state index in [4.69, 9.17) is 0 Å². The smallest absolute Gasteiger partial charge is 0.302 e. The lowest BCUT2D eigenvalue weighted by molar-refractivity contribution is -0.392. The van der Waals surface area contributed by atoms with Gasteiger partial charge in [0.1, 0.15) is 0 Å². The molecule has 0 saturated carbocycles. The van der Waals surface area contributed by atoms with Crippen molar-refractivity contribution in [2.75, 3.05) is 16.8 Å². The van der Waals surface area contributed by atoms with Crippen LogP contribution in [0.1, 0.15) is 5.56 Å². The average Bonchev–Trinajstić information content (AvgIpc) is 2.98. The van der Waals surface area contributed by atoms with Crippen LogP contribution in [0.4, 0.5) is 28.4 Å². The molecule has 142 valence electrons. The van der Waals surface area contributed by atoms with Crippen LogP contribution in [0.15, 0.2) is 48.6 Å². The summed E-state index contributed by atoms with van der Waals surface area (Å²) >= 11 is 0. The molecular formula is C18H14N4O6. The number of hydrogen-bond donors (Lipinski definition) is 0. The molecule has 0 saturated heterocycles. The Kier molecular flexibility index (Phi) is 4.62. The van der Waals surface area contributed by atoms with Crippen LogP contribution in [-0.2, 0) is 9.59 Å². The second-order valence-corrected chi connectivity index (χ2v) is 6.04. The van der Waals surface area contributed by atoms with Crippen LogP contribution >= 0.6 is 0 Å². The fourth-order valence-corrected chi connectivity index (χ4v) is 3.06. The SMILES string of the molecule is Cc1ccccc1N(C)c1c([N+](=O)[O-])cc(N2C(=O)C=CC2=O)cc1[N+](=O)[O-]. The van der Waals surface area contributed by atoms with E-state index in [9.17, 15) is 29.8 Å². The largest absolute Gasteiger partial charge is 0.333 e. The minimum Gasteiger partial charge on any atom is -0.333 e. The van der Waals surface area contributed by atoms with E-state index >= 15 is 0 Å². The van der Waals surface area contributed by atoms with Crippen molar-refractivity contribution in [3.63, 3.8) is 0 Å². The lowest BCUT2D eigenvalue weighted by Crippen LogP contribution is -2.29. The molecule has 0 spiro atoms. The van der Waals surface area contributed by atoms with Crippen LogP contribution in [-0.4, -0.2) is 28.7 Å². The van der Waals surface area contributed by atoms with Gasteiger partial charge in [0.15, 0.2) is 5.69 Å². The molecular weight excluding hydrogens is 368 g/mol. The first-order valence-corrected chi connectivity index (χ1v) is 8.04. The number of imide groups is 1. The molecule has 2 aromatic rings. The van der Waals surface area contributed by atoms with Crippen molar-refractivity contribution in [3.05, 3.63) is 74.3 Å². The summed E-state index contributed by atoms with van der Waals surface area (Å²) in [6.07, 6.45) is 1.99. The second kappa shape index (κ2) is 6.91. The van der Waals surface area contributed by atoms with Gasteiger partial charge < -0.3 is 4.90 Å². The topological polar surface area (TPSA) is 127 Å². The number of nitrogens with zero attached hydrogens (tertiary/aromatic N) is 4. The number of aryl methyl sites for hydroxylation is 1. The summed E-state index contributed by atoms with van der Waals surface area (Å²) < 4.78 is 0. The molecule has 10 nitrogen and oxygen atoms in total. The third kappa shape index (κ3) is 3.07. The Bertz CT molecular complexity index is 1010. The maximum absolute atomic E-state index is 11.9. The predicted octanol–water partition coefficient (Wildman–Crippen LogP) is 3.01. The molecule has 10 heteroatoms. The van der Waals surface area contributed by atoms with Crippen molar-refractivity contribution in [1.82, 2.24) is 0 Å². The van der Waals surface area contributed by atoms with Gasteiger partial charge in [-0.1, -0.05) is 18.2 Å². The van der Waals surface area contributed by atoms with Gasteiger partial charge in [-0.25, -0.2) is 4.90 Å². The first-order chi connectivity index (χ1) is 13.2. The Morgan fingerprint density at radius 3 is 1.89 bits per heavy atom. The zero-order valence-corrected chi connectivity index (χ0v) is 14.9. The summed E-state index contributed by atoms with van der Waals surface area (Å²) in [7, 11) is 1.48. The quantitative estimate of drug-likeness (QED) is 0.442. The first kappa shape index (κ1) is 18.7. The fraction of sp³-hybridized carbons (Fsp3) is 0.111. The van der Waals surface area contributed by atoms with Crippen molar-refractivity contribution in [1.29, 1.82) is 0 Å². The van der Waals surface area contributed by atoms with E-state index in [2.05, 4.69) is 0 Å². The van der Waals surface area contributed by atoms with E-state index in [1.54, 1.807) is 31.2 Å². The summed E-state index contributed by atoms with van der Waals surface area (Å²) in [5.74, 6) is -1.46. The van der Waals surface area contributed by atoms with Gasteiger partial charge in [0.25, 0.3) is 11.8 Å². The zero-order chi connectivity index (χ0) is 20.6. The Hall–Kier alpha value is -4.08. The summed E-state index contributed by atoms with van der Waals surface area (Å²) in [4.78, 5) is 47.6. The maximum atomic E-state index is 11.9. The van der Waals surface area contributed by atoms with Gasteiger partial charge in [0.2, 0.25) is 0 Å². The van der Waals surface area contributed by atoms with E-state index in [-0.39, 0.29) is 11.4 Å². The molecule has 2 amide bonds. The average molecular weight is 382 g/mol. The number of nitro groups is 2. The van der Waals surface area contributed by atoms with Crippen molar-refractivity contribution in [2.45, 2.75) is 6.92 Å². The highest BCUT2D eigenvalue weighted by Crippen LogP contribution is 2.44. The Balaban J connectivity index is 2.26. The van der Waals surface area contributed by atoms with Gasteiger partial charge in [0, 0.05) is 37.0 Å². The van der Waals surface area contributed by atoms with Crippen LogP contribution in [0, 0.1) is 27.2 Å². The molecule has 28 heavy (non-hydrogen) atoms. The highest BCUT2D eigenvalue weighted by Gasteiger charge is 2.35. The molecule has 0 bridgehead atoms. The monoisotopic (exact) mass is 382 g/mol. The molecule has 0 aromatic heterocycles. The number of carbonyl (C=O) groups excluding carboxylic acids is 2. The van der Waals surface area contributed by atoms with E-state index in [0.29, 0.717) is 10.6 Å². The second-order valence-electron chi connectivity index (χ2n) is 6.04. The third-order valence-electron chi connectivity index (χ3n) is 4.33. The minimum absolute atomic E-state index is 0.236. The summed E-state index contributed by atoms with van der Waals surface area (Å²) in [6, 6.07) is 8.90. The van der Waals surface area contributed by atoms with E-state index in [1.165, 1.54) is 11.9 Å². The van der Waals surface area contributed by atoms with Gasteiger partial charge in [-0.05, 0) is 18.6 Å². The minimum atomic E-state index is -0.779. The van der Waals surface area contributed by atoms with Crippen LogP contribution in [0.25, 0.3) is 0 Å². The molecule has 1 aliphatic heterocycles. The van der Waals surface area contributed by atoms with Crippen LogP contribution < -0.4 is 9.80 Å². The number of anilines is 3. The highest BCUT2D eigenvalue weighted by atomic mass is 16.6. The molecule has 3 rings (SSSR count). The number of amides is 2. The fourth-order valence-electron chi connectivity index (χ4n) is 3.06. The number of rotatable bonds is 5. The van der Waals surface area contributed by atoms with Crippen molar-refractivity contribution in [3.8, 4) is 0 Å². The molecule has 0 unspecified atom stereocenters. The summed E-state index contributed by atoms with van der Waals surface area (Å²) in [5, 5.41) is 23.4. The maximum Gasteiger partial charge on any atom is 0.302 e. The normalized spacial score (nSPS) is 13.1. The number of carbonyl (C=O) groups is 2. The zero-order valence-electron chi connectivity index (χ0n) is 14.9. The number of hydrogen-bond acceptors (Lipinski definition) is 7. The van der Waals surface area contributed by atoms with E-state index in [1.807, 2.05) is 0 Å². The molecule has 1 heterocycles. The van der Waals surface area contributed by atoms with Gasteiger partial charge in [-0.2, -0.15) is 0 Å². The molecule has 0 atom stereocenters. The van der Waals surface area contributed by atoms with Crippen molar-refractivity contribution < 1.29 is 19.4 Å². The Labute approximate surface area is 158 Å². The lowest BCUT2D eigenvalue weighted by Gasteiger charge is -2.22. The van der Waals surface area contributed by atoms with E-state index < -0.39 is 33.0 Å². The van der Waals surface area contributed by atoms with Crippen LogP contribution in [0.2, 0.25) is 0 Å². The Morgan fingerprint density at radius 1 is 0.929 bits per heavy atom. The molecule has 0 radical (unpaired) electrons. The third-order valence-corrected chi connectivity index (χ3v) is 4.33. The predicted molar refractivity (Wildman–Crippen MR) is 101 cm³/mol. The summed E-state index contributed by atoms with van der Waals surface area (Å²) in [6.45, 7) is 1.77. The number of nitro benzene ring substituents is 2. The Morgan fingerprint density at radius 2 is 1.43 bits per heavy atom. The van der Waals surface area contributed by atoms with Gasteiger partial charge >= 0.3 is 11.4 Å². The van der Waals surface area contributed by atoms with Crippen LogP contribution in [0.3, 0.4) is 0 Å². The lowest BCUT2D eigenvalue weighted by atomic mass is 10.1. The van der Waals surface area contributed by atoms with Crippen LogP contribution in [0.5, 0.6) is 0 Å².